The van der Waals surface area contributed by atoms with Gasteiger partial charge in [-0.25, -0.2) is 4.98 Å². The zero-order valence-corrected chi connectivity index (χ0v) is 14.7. The summed E-state index contributed by atoms with van der Waals surface area (Å²) in [5.41, 5.74) is 2.02. The molecule has 3 aromatic rings. The monoisotopic (exact) mass is 342 g/mol. The molecule has 130 valence electrons. The smallest absolute Gasteiger partial charge is 0.133 e. The first kappa shape index (κ1) is 16.6. The van der Waals surface area contributed by atoms with Crippen LogP contribution >= 0.6 is 0 Å². The summed E-state index contributed by atoms with van der Waals surface area (Å²) < 4.78 is 0. The minimum atomic E-state index is 0.329. The van der Waals surface area contributed by atoms with E-state index in [0.29, 0.717) is 11.6 Å². The third kappa shape index (κ3) is 3.26. The maximum absolute atomic E-state index is 9.34. The standard InChI is InChI=1S/C22H22N4/c23-15-18-9-6-10-20-19(18)11-12-24-22(20)25-16-21(26-13-4-5-14-26)17-7-2-1-3-8-17/h1-3,6-12,21H,4-5,13-14,16H2,(H,24,25). The average Bonchev–Trinajstić information content (AvgIpc) is 3.23. The predicted molar refractivity (Wildman–Crippen MR) is 105 cm³/mol. The Balaban J connectivity index is 1.62. The number of nitrogens with one attached hydrogen (secondary N) is 1. The van der Waals surface area contributed by atoms with E-state index in [0.717, 1.165) is 36.2 Å². The Labute approximate surface area is 154 Å². The van der Waals surface area contributed by atoms with Gasteiger partial charge in [-0.1, -0.05) is 42.5 Å². The van der Waals surface area contributed by atoms with Crippen LogP contribution in [0.1, 0.15) is 30.0 Å². The van der Waals surface area contributed by atoms with Gasteiger partial charge >= 0.3 is 0 Å². The molecule has 0 bridgehead atoms. The molecule has 2 heterocycles. The van der Waals surface area contributed by atoms with Gasteiger partial charge in [-0.05, 0) is 43.6 Å². The summed E-state index contributed by atoms with van der Waals surface area (Å²) in [7, 11) is 0. The van der Waals surface area contributed by atoms with Crippen LogP contribution in [0.5, 0.6) is 0 Å². The molecule has 0 amide bonds. The number of fused-ring (bicyclic) bond motifs is 1. The minimum Gasteiger partial charge on any atom is -0.368 e. The number of likely N-dealkylation sites (tertiary alicyclic amines) is 1. The van der Waals surface area contributed by atoms with Crippen molar-refractivity contribution < 1.29 is 0 Å². The molecule has 0 spiro atoms. The van der Waals surface area contributed by atoms with E-state index in [9.17, 15) is 5.26 Å². The minimum absolute atomic E-state index is 0.329. The summed E-state index contributed by atoms with van der Waals surface area (Å²) in [5.74, 6) is 0.847. The van der Waals surface area contributed by atoms with Crippen molar-refractivity contribution in [1.82, 2.24) is 9.88 Å². The van der Waals surface area contributed by atoms with Crippen molar-refractivity contribution in [2.45, 2.75) is 18.9 Å². The Morgan fingerprint density at radius 2 is 1.81 bits per heavy atom. The van der Waals surface area contributed by atoms with Gasteiger partial charge in [0.2, 0.25) is 0 Å². The van der Waals surface area contributed by atoms with E-state index in [4.69, 9.17) is 0 Å². The second-order valence-corrected chi connectivity index (χ2v) is 6.72. The molecule has 1 aliphatic rings. The SMILES string of the molecule is N#Cc1cccc2c(NCC(c3ccccc3)N3CCCC3)nccc12. The lowest BCUT2D eigenvalue weighted by Crippen LogP contribution is -2.31. The number of hydrogen-bond donors (Lipinski definition) is 1. The molecule has 4 heteroatoms. The maximum Gasteiger partial charge on any atom is 0.133 e. The molecule has 0 aliphatic carbocycles. The van der Waals surface area contributed by atoms with Gasteiger partial charge in [0, 0.05) is 23.5 Å². The summed E-state index contributed by atoms with van der Waals surface area (Å²) in [6.45, 7) is 3.08. The van der Waals surface area contributed by atoms with Gasteiger partial charge in [0.15, 0.2) is 0 Å². The van der Waals surface area contributed by atoms with Crippen molar-refractivity contribution in [3.63, 3.8) is 0 Å². The molecular weight excluding hydrogens is 320 g/mol. The maximum atomic E-state index is 9.34. The van der Waals surface area contributed by atoms with Crippen molar-refractivity contribution in [2.75, 3.05) is 25.0 Å². The Morgan fingerprint density at radius 1 is 1.00 bits per heavy atom. The van der Waals surface area contributed by atoms with Crippen molar-refractivity contribution in [3.05, 3.63) is 71.9 Å². The molecule has 1 aliphatic heterocycles. The Kier molecular flexibility index (Phi) is 4.81. The molecule has 1 atom stereocenters. The summed E-state index contributed by atoms with van der Waals surface area (Å²) in [5, 5.41) is 14.8. The topological polar surface area (TPSA) is 52.0 Å². The zero-order chi connectivity index (χ0) is 17.8. The number of hydrogen-bond acceptors (Lipinski definition) is 4. The van der Waals surface area contributed by atoms with Gasteiger partial charge in [0.25, 0.3) is 0 Å². The molecule has 1 unspecified atom stereocenters. The zero-order valence-electron chi connectivity index (χ0n) is 14.7. The quantitative estimate of drug-likeness (QED) is 0.749. The van der Waals surface area contributed by atoms with E-state index in [-0.39, 0.29) is 0 Å². The highest BCUT2D eigenvalue weighted by molar-refractivity contribution is 5.95. The van der Waals surface area contributed by atoms with Crippen molar-refractivity contribution in [3.8, 4) is 6.07 Å². The van der Waals surface area contributed by atoms with Crippen molar-refractivity contribution in [2.24, 2.45) is 0 Å². The molecule has 26 heavy (non-hydrogen) atoms. The predicted octanol–water partition coefficient (Wildman–Crippen LogP) is 4.36. The highest BCUT2D eigenvalue weighted by atomic mass is 15.2. The van der Waals surface area contributed by atoms with Crippen LogP contribution in [0.3, 0.4) is 0 Å². The van der Waals surface area contributed by atoms with Gasteiger partial charge in [-0.2, -0.15) is 5.26 Å². The average molecular weight is 342 g/mol. The van der Waals surface area contributed by atoms with Crippen LogP contribution in [0.15, 0.2) is 60.8 Å². The third-order valence-electron chi connectivity index (χ3n) is 5.16. The van der Waals surface area contributed by atoms with E-state index >= 15 is 0 Å². The molecular formula is C22H22N4. The number of aromatic nitrogens is 1. The molecule has 1 aromatic heterocycles. The highest BCUT2D eigenvalue weighted by Crippen LogP contribution is 2.28. The summed E-state index contributed by atoms with van der Waals surface area (Å²) >= 11 is 0. The Morgan fingerprint density at radius 3 is 2.58 bits per heavy atom. The van der Waals surface area contributed by atoms with Gasteiger partial charge in [0.1, 0.15) is 5.82 Å². The molecule has 4 rings (SSSR count). The number of nitrogens with zero attached hydrogens (tertiary/aromatic N) is 3. The lowest BCUT2D eigenvalue weighted by Gasteiger charge is -2.28. The van der Waals surface area contributed by atoms with Gasteiger partial charge < -0.3 is 5.32 Å². The van der Waals surface area contributed by atoms with Crippen molar-refractivity contribution >= 4 is 16.6 Å². The number of benzene rings is 2. The summed E-state index contributed by atoms with van der Waals surface area (Å²) in [6, 6.07) is 21.0. The fourth-order valence-electron chi connectivity index (χ4n) is 3.83. The molecule has 0 saturated carbocycles. The van der Waals surface area contributed by atoms with Gasteiger partial charge in [-0.15, -0.1) is 0 Å². The first-order chi connectivity index (χ1) is 12.9. The van der Waals surface area contributed by atoms with Crippen LogP contribution < -0.4 is 5.32 Å². The summed E-state index contributed by atoms with van der Waals surface area (Å²) in [6.07, 6.45) is 4.31. The van der Waals surface area contributed by atoms with E-state index in [1.807, 2.05) is 24.3 Å². The molecule has 4 nitrogen and oxygen atoms in total. The van der Waals surface area contributed by atoms with Crippen LogP contribution in [0.2, 0.25) is 0 Å². The first-order valence-corrected chi connectivity index (χ1v) is 9.17. The van der Waals surface area contributed by atoms with Crippen molar-refractivity contribution in [1.29, 1.82) is 5.26 Å². The van der Waals surface area contributed by atoms with Crippen LogP contribution in [0.25, 0.3) is 10.8 Å². The number of pyridine rings is 1. The first-order valence-electron chi connectivity index (χ1n) is 9.17. The molecule has 0 radical (unpaired) electrons. The summed E-state index contributed by atoms with van der Waals surface area (Å²) in [4.78, 5) is 7.09. The number of nitriles is 1. The van der Waals surface area contributed by atoms with E-state index in [2.05, 4.69) is 51.6 Å². The van der Waals surface area contributed by atoms with Crippen LogP contribution in [-0.2, 0) is 0 Å². The highest BCUT2D eigenvalue weighted by Gasteiger charge is 2.23. The fourth-order valence-corrected chi connectivity index (χ4v) is 3.83. The number of anilines is 1. The largest absolute Gasteiger partial charge is 0.368 e. The molecule has 1 fully saturated rings. The van der Waals surface area contributed by atoms with E-state index in [1.54, 1.807) is 6.20 Å². The third-order valence-corrected chi connectivity index (χ3v) is 5.16. The fraction of sp³-hybridized carbons (Fsp3) is 0.273. The molecule has 2 aromatic carbocycles. The van der Waals surface area contributed by atoms with E-state index in [1.165, 1.54) is 18.4 Å². The normalized spacial score (nSPS) is 15.7. The Hall–Kier alpha value is -2.90. The van der Waals surface area contributed by atoms with E-state index < -0.39 is 0 Å². The second-order valence-electron chi connectivity index (χ2n) is 6.72. The molecule has 1 saturated heterocycles. The number of rotatable bonds is 5. The van der Waals surface area contributed by atoms with Crippen LogP contribution in [-0.4, -0.2) is 29.5 Å². The lowest BCUT2D eigenvalue weighted by molar-refractivity contribution is 0.256. The Bertz CT molecular complexity index is 924. The van der Waals surface area contributed by atoms with Crippen LogP contribution in [0.4, 0.5) is 5.82 Å². The lowest BCUT2D eigenvalue weighted by atomic mass is 10.0. The second kappa shape index (κ2) is 7.55. The van der Waals surface area contributed by atoms with Crippen LogP contribution in [0, 0.1) is 11.3 Å². The van der Waals surface area contributed by atoms with Gasteiger partial charge in [-0.3, -0.25) is 4.90 Å². The van der Waals surface area contributed by atoms with Gasteiger partial charge in [0.05, 0.1) is 17.7 Å². The molecule has 1 N–H and O–H groups in total.